The molecule has 150 valence electrons. The summed E-state index contributed by atoms with van der Waals surface area (Å²) < 4.78 is 13.0. The second kappa shape index (κ2) is 9.05. The van der Waals surface area contributed by atoms with Crippen LogP contribution in [0.15, 0.2) is 47.4 Å². The molecular weight excluding hydrogens is 391 g/mol. The highest BCUT2D eigenvalue weighted by atomic mass is 32.2. The molecule has 1 fully saturated rings. The molecule has 0 aromatic heterocycles. The molecule has 1 heterocycles. The number of rotatable bonds is 6. The molecular formula is C22H21FN2O3S. The van der Waals surface area contributed by atoms with Gasteiger partial charge in [-0.25, -0.2) is 4.39 Å². The molecule has 0 saturated carbocycles. The number of benzene rings is 2. The Hall–Kier alpha value is -2.93. The predicted molar refractivity (Wildman–Crippen MR) is 112 cm³/mol. The molecule has 0 aliphatic carbocycles. The van der Waals surface area contributed by atoms with Gasteiger partial charge in [-0.05, 0) is 60.5 Å². The summed E-state index contributed by atoms with van der Waals surface area (Å²) in [6.07, 6.45) is 1.81. The normalized spacial score (nSPS) is 15.3. The SMILES string of the molecule is Cc1ccc(C)c(CC(=O)NCCN2C(=O)SC(=Cc3ccc(F)cc3)C2=O)c1. The quantitative estimate of drug-likeness (QED) is 0.732. The van der Waals surface area contributed by atoms with Crippen LogP contribution in [-0.2, 0) is 16.0 Å². The Morgan fingerprint density at radius 1 is 1.14 bits per heavy atom. The Morgan fingerprint density at radius 3 is 2.59 bits per heavy atom. The number of amides is 3. The Morgan fingerprint density at radius 2 is 1.86 bits per heavy atom. The van der Waals surface area contributed by atoms with Gasteiger partial charge in [0.05, 0.1) is 11.3 Å². The van der Waals surface area contributed by atoms with Crippen molar-refractivity contribution in [1.82, 2.24) is 10.2 Å². The highest BCUT2D eigenvalue weighted by molar-refractivity contribution is 8.18. The van der Waals surface area contributed by atoms with Crippen LogP contribution in [0, 0.1) is 19.7 Å². The highest BCUT2D eigenvalue weighted by Crippen LogP contribution is 2.31. The molecule has 3 amide bonds. The zero-order valence-electron chi connectivity index (χ0n) is 16.2. The maximum Gasteiger partial charge on any atom is 0.293 e. The summed E-state index contributed by atoms with van der Waals surface area (Å²) in [5, 5.41) is 2.38. The van der Waals surface area contributed by atoms with Crippen molar-refractivity contribution in [2.24, 2.45) is 0 Å². The maximum atomic E-state index is 13.0. The smallest absolute Gasteiger partial charge is 0.293 e. The zero-order chi connectivity index (χ0) is 21.0. The third kappa shape index (κ3) is 5.32. The highest BCUT2D eigenvalue weighted by Gasteiger charge is 2.34. The van der Waals surface area contributed by atoms with E-state index < -0.39 is 5.91 Å². The van der Waals surface area contributed by atoms with Crippen LogP contribution in [0.1, 0.15) is 22.3 Å². The standard InChI is InChI=1S/C22H21FN2O3S/c1-14-3-4-15(2)17(11-14)13-20(26)24-9-10-25-21(27)19(29-22(25)28)12-16-5-7-18(23)8-6-16/h3-8,11-12H,9-10,13H2,1-2H3,(H,24,26). The van der Waals surface area contributed by atoms with Crippen LogP contribution < -0.4 is 5.32 Å². The minimum absolute atomic E-state index is 0.101. The first kappa shape index (κ1) is 20.8. The van der Waals surface area contributed by atoms with Crippen LogP contribution in [0.3, 0.4) is 0 Å². The molecule has 0 spiro atoms. The predicted octanol–water partition coefficient (Wildman–Crippen LogP) is 3.84. The molecule has 5 nitrogen and oxygen atoms in total. The summed E-state index contributed by atoms with van der Waals surface area (Å²) in [6, 6.07) is 11.6. The molecule has 0 unspecified atom stereocenters. The van der Waals surface area contributed by atoms with E-state index in [4.69, 9.17) is 0 Å². The average molecular weight is 412 g/mol. The maximum absolute atomic E-state index is 13.0. The van der Waals surface area contributed by atoms with Gasteiger partial charge in [-0.1, -0.05) is 35.9 Å². The van der Waals surface area contributed by atoms with Gasteiger partial charge in [-0.15, -0.1) is 0 Å². The largest absolute Gasteiger partial charge is 0.354 e. The molecule has 2 aromatic rings. The number of nitrogens with zero attached hydrogens (tertiary/aromatic N) is 1. The topological polar surface area (TPSA) is 66.5 Å². The number of imide groups is 1. The van der Waals surface area contributed by atoms with Crippen LogP contribution in [0.2, 0.25) is 0 Å². The monoisotopic (exact) mass is 412 g/mol. The van der Waals surface area contributed by atoms with Gasteiger partial charge in [0.2, 0.25) is 5.91 Å². The van der Waals surface area contributed by atoms with Crippen molar-refractivity contribution in [2.45, 2.75) is 20.3 Å². The molecule has 1 saturated heterocycles. The second-order valence-corrected chi connectivity index (χ2v) is 7.83. The molecule has 1 aliphatic rings. The van der Waals surface area contributed by atoms with E-state index in [9.17, 15) is 18.8 Å². The number of halogens is 1. The Bertz CT molecular complexity index is 986. The van der Waals surface area contributed by atoms with E-state index in [-0.39, 0.29) is 41.4 Å². The fraction of sp³-hybridized carbons (Fsp3) is 0.227. The first-order valence-electron chi connectivity index (χ1n) is 9.17. The van der Waals surface area contributed by atoms with Crippen LogP contribution in [0.4, 0.5) is 9.18 Å². The minimum atomic E-state index is -0.409. The lowest BCUT2D eigenvalue weighted by Gasteiger charge is -2.13. The first-order chi connectivity index (χ1) is 13.8. The zero-order valence-corrected chi connectivity index (χ0v) is 17.0. The van der Waals surface area contributed by atoms with Crippen molar-refractivity contribution < 1.29 is 18.8 Å². The molecule has 0 atom stereocenters. The number of hydrogen-bond donors (Lipinski definition) is 1. The van der Waals surface area contributed by atoms with Crippen molar-refractivity contribution in [3.05, 3.63) is 75.4 Å². The van der Waals surface area contributed by atoms with Crippen molar-refractivity contribution in [1.29, 1.82) is 0 Å². The van der Waals surface area contributed by atoms with Gasteiger partial charge in [-0.3, -0.25) is 19.3 Å². The average Bonchev–Trinajstić information content (AvgIpc) is 2.94. The number of hydrogen-bond acceptors (Lipinski definition) is 4. The fourth-order valence-corrected chi connectivity index (χ4v) is 3.80. The van der Waals surface area contributed by atoms with E-state index in [1.165, 1.54) is 24.3 Å². The Labute approximate surface area is 173 Å². The van der Waals surface area contributed by atoms with Gasteiger partial charge in [0.15, 0.2) is 0 Å². The summed E-state index contributed by atoms with van der Waals surface area (Å²) in [7, 11) is 0. The first-order valence-corrected chi connectivity index (χ1v) is 9.99. The molecule has 1 aliphatic heterocycles. The van der Waals surface area contributed by atoms with Crippen molar-refractivity contribution in [3.8, 4) is 0 Å². The van der Waals surface area contributed by atoms with Crippen LogP contribution in [0.25, 0.3) is 6.08 Å². The number of thioether (sulfide) groups is 1. The third-order valence-corrected chi connectivity index (χ3v) is 5.46. The molecule has 1 N–H and O–H groups in total. The van der Waals surface area contributed by atoms with E-state index in [1.54, 1.807) is 6.08 Å². The molecule has 7 heteroatoms. The second-order valence-electron chi connectivity index (χ2n) is 6.84. The van der Waals surface area contributed by atoms with Gasteiger partial charge >= 0.3 is 0 Å². The summed E-state index contributed by atoms with van der Waals surface area (Å²) in [5.41, 5.74) is 3.72. The molecule has 0 radical (unpaired) electrons. The van der Waals surface area contributed by atoms with E-state index in [2.05, 4.69) is 5.32 Å². The van der Waals surface area contributed by atoms with Gasteiger partial charge < -0.3 is 5.32 Å². The van der Waals surface area contributed by atoms with Crippen LogP contribution >= 0.6 is 11.8 Å². The van der Waals surface area contributed by atoms with E-state index >= 15 is 0 Å². The number of nitrogens with one attached hydrogen (secondary N) is 1. The lowest BCUT2D eigenvalue weighted by Crippen LogP contribution is -2.37. The molecule has 3 rings (SSSR count). The minimum Gasteiger partial charge on any atom is -0.354 e. The Balaban J connectivity index is 1.54. The lowest BCUT2D eigenvalue weighted by molar-refractivity contribution is -0.124. The summed E-state index contributed by atoms with van der Waals surface area (Å²) in [6.45, 7) is 4.21. The number of carbonyl (C=O) groups is 3. The molecule has 0 bridgehead atoms. The van der Waals surface area contributed by atoms with E-state index in [0.29, 0.717) is 5.56 Å². The lowest BCUT2D eigenvalue weighted by atomic mass is 10.0. The fourth-order valence-electron chi connectivity index (χ4n) is 2.94. The summed E-state index contributed by atoms with van der Waals surface area (Å²) in [4.78, 5) is 38.2. The molecule has 2 aromatic carbocycles. The van der Waals surface area contributed by atoms with Gasteiger partial charge in [0, 0.05) is 13.1 Å². The van der Waals surface area contributed by atoms with E-state index in [0.717, 1.165) is 33.4 Å². The van der Waals surface area contributed by atoms with Crippen LogP contribution in [-0.4, -0.2) is 35.0 Å². The summed E-state index contributed by atoms with van der Waals surface area (Å²) in [5.74, 6) is -0.938. The van der Waals surface area contributed by atoms with Crippen molar-refractivity contribution >= 4 is 34.9 Å². The van der Waals surface area contributed by atoms with Gasteiger partial charge in [-0.2, -0.15) is 0 Å². The number of carbonyl (C=O) groups excluding carboxylic acids is 3. The third-order valence-electron chi connectivity index (χ3n) is 4.55. The van der Waals surface area contributed by atoms with Crippen molar-refractivity contribution in [3.63, 3.8) is 0 Å². The van der Waals surface area contributed by atoms with Gasteiger partial charge in [0.1, 0.15) is 5.82 Å². The van der Waals surface area contributed by atoms with E-state index in [1.807, 2.05) is 32.0 Å². The molecule has 29 heavy (non-hydrogen) atoms. The van der Waals surface area contributed by atoms with Gasteiger partial charge in [0.25, 0.3) is 11.1 Å². The van der Waals surface area contributed by atoms with Crippen LogP contribution in [0.5, 0.6) is 0 Å². The number of aryl methyl sites for hydroxylation is 2. The summed E-state index contributed by atoms with van der Waals surface area (Å²) >= 11 is 0.838. The Kier molecular flexibility index (Phi) is 6.49. The van der Waals surface area contributed by atoms with Crippen molar-refractivity contribution in [2.75, 3.05) is 13.1 Å².